The number of nitrogens with zero attached hydrogens (tertiary/aromatic N) is 2. The van der Waals surface area contributed by atoms with Crippen molar-refractivity contribution < 1.29 is 4.79 Å². The highest BCUT2D eigenvalue weighted by Crippen LogP contribution is 2.21. The number of hydrogen-bond acceptors (Lipinski definition) is 3. The molecule has 2 aliphatic heterocycles. The Hall–Kier alpha value is -0.410. The fourth-order valence-electron chi connectivity index (χ4n) is 3.11. The molecule has 2 fully saturated rings. The van der Waals surface area contributed by atoms with Crippen LogP contribution in [0.1, 0.15) is 39.5 Å². The van der Waals surface area contributed by atoms with E-state index >= 15 is 0 Å². The first-order valence-electron chi connectivity index (χ1n) is 7.13. The van der Waals surface area contributed by atoms with Crippen LogP contribution < -0.4 is 0 Å². The van der Waals surface area contributed by atoms with E-state index in [1.807, 2.05) is 6.92 Å². The number of Topliss-reactive ketones (excluding diaryl/α,β-unsaturated/α-hetero) is 1. The lowest BCUT2D eigenvalue weighted by molar-refractivity contribution is -0.122. The maximum absolute atomic E-state index is 11.4. The molecule has 0 spiro atoms. The number of hydrogen-bond donors (Lipinski definition) is 0. The third-order valence-electron chi connectivity index (χ3n) is 4.50. The molecule has 0 aliphatic carbocycles. The van der Waals surface area contributed by atoms with Crippen LogP contribution in [-0.2, 0) is 4.79 Å². The first-order chi connectivity index (χ1) is 8.16. The zero-order chi connectivity index (χ0) is 12.3. The van der Waals surface area contributed by atoms with E-state index in [-0.39, 0.29) is 6.04 Å². The molecule has 2 aliphatic rings. The van der Waals surface area contributed by atoms with Crippen molar-refractivity contribution in [2.45, 2.75) is 45.6 Å². The van der Waals surface area contributed by atoms with Crippen molar-refractivity contribution in [1.29, 1.82) is 0 Å². The molecule has 2 saturated heterocycles. The van der Waals surface area contributed by atoms with Gasteiger partial charge < -0.3 is 4.90 Å². The Morgan fingerprint density at radius 1 is 1.18 bits per heavy atom. The van der Waals surface area contributed by atoms with Gasteiger partial charge in [0.25, 0.3) is 0 Å². The van der Waals surface area contributed by atoms with Crippen LogP contribution in [0, 0.1) is 5.92 Å². The van der Waals surface area contributed by atoms with Crippen LogP contribution >= 0.6 is 0 Å². The van der Waals surface area contributed by atoms with E-state index < -0.39 is 0 Å². The maximum atomic E-state index is 11.4. The van der Waals surface area contributed by atoms with Crippen LogP contribution in [0.5, 0.6) is 0 Å². The predicted molar refractivity (Wildman–Crippen MR) is 70.1 cm³/mol. The van der Waals surface area contributed by atoms with Gasteiger partial charge in [-0.15, -0.1) is 0 Å². The van der Waals surface area contributed by atoms with Crippen LogP contribution in [0.3, 0.4) is 0 Å². The average Bonchev–Trinajstić information content (AvgIpc) is 2.82. The second kappa shape index (κ2) is 5.96. The van der Waals surface area contributed by atoms with Crippen molar-refractivity contribution >= 4 is 5.78 Å². The molecule has 1 atom stereocenters. The molecule has 0 aromatic heterocycles. The zero-order valence-electron chi connectivity index (χ0n) is 11.3. The molecule has 98 valence electrons. The van der Waals surface area contributed by atoms with Crippen molar-refractivity contribution in [1.82, 2.24) is 9.80 Å². The molecule has 3 heteroatoms. The monoisotopic (exact) mass is 238 g/mol. The number of piperidine rings is 1. The van der Waals surface area contributed by atoms with E-state index in [0.717, 1.165) is 19.0 Å². The van der Waals surface area contributed by atoms with E-state index in [2.05, 4.69) is 9.80 Å². The molecule has 3 nitrogen and oxygen atoms in total. The summed E-state index contributed by atoms with van der Waals surface area (Å²) in [6, 6.07) is 0.128. The minimum atomic E-state index is 0.128. The molecule has 1 unspecified atom stereocenters. The summed E-state index contributed by atoms with van der Waals surface area (Å²) >= 11 is 0. The van der Waals surface area contributed by atoms with Gasteiger partial charge in [-0.3, -0.25) is 9.69 Å². The number of likely N-dealkylation sites (tertiary alicyclic amines) is 2. The van der Waals surface area contributed by atoms with Crippen molar-refractivity contribution in [3.05, 3.63) is 0 Å². The van der Waals surface area contributed by atoms with Gasteiger partial charge in [0.05, 0.1) is 6.04 Å². The van der Waals surface area contributed by atoms with E-state index in [4.69, 9.17) is 0 Å². The summed E-state index contributed by atoms with van der Waals surface area (Å²) in [5, 5.41) is 0. The minimum Gasteiger partial charge on any atom is -0.303 e. The molecule has 0 radical (unpaired) electrons. The molecule has 0 saturated carbocycles. The summed E-state index contributed by atoms with van der Waals surface area (Å²) in [6.45, 7) is 9.89. The lowest BCUT2D eigenvalue weighted by Crippen LogP contribution is -2.44. The second-order valence-electron chi connectivity index (χ2n) is 5.77. The van der Waals surface area contributed by atoms with Gasteiger partial charge in [0.2, 0.25) is 0 Å². The van der Waals surface area contributed by atoms with E-state index in [1.165, 1.54) is 45.3 Å². The van der Waals surface area contributed by atoms with E-state index in [9.17, 15) is 4.79 Å². The Balaban J connectivity index is 1.72. The lowest BCUT2D eigenvalue weighted by atomic mass is 9.95. The lowest BCUT2D eigenvalue weighted by Gasteiger charge is -2.36. The van der Waals surface area contributed by atoms with E-state index in [1.54, 1.807) is 6.92 Å². The van der Waals surface area contributed by atoms with Gasteiger partial charge in [0.1, 0.15) is 5.78 Å². The van der Waals surface area contributed by atoms with Crippen LogP contribution in [-0.4, -0.2) is 54.3 Å². The summed E-state index contributed by atoms with van der Waals surface area (Å²) in [5.74, 6) is 1.17. The quantitative estimate of drug-likeness (QED) is 0.746. The summed E-state index contributed by atoms with van der Waals surface area (Å²) < 4.78 is 0. The number of carbonyl (C=O) groups is 1. The molecular formula is C14H26N2O. The highest BCUT2D eigenvalue weighted by atomic mass is 16.1. The van der Waals surface area contributed by atoms with Gasteiger partial charge in [-0.1, -0.05) is 0 Å². The summed E-state index contributed by atoms with van der Waals surface area (Å²) in [6.07, 6.45) is 5.32. The molecule has 0 aromatic carbocycles. The first kappa shape index (κ1) is 13.0. The Morgan fingerprint density at radius 2 is 1.76 bits per heavy atom. The fourth-order valence-corrected chi connectivity index (χ4v) is 3.11. The molecule has 2 rings (SSSR count). The standard InChI is InChI=1S/C14H26N2O/c1-12(13(2)17)16-9-5-14(6-10-16)11-15-7-3-4-8-15/h12,14H,3-11H2,1-2H3. The molecule has 0 bridgehead atoms. The molecule has 0 aromatic rings. The highest BCUT2D eigenvalue weighted by Gasteiger charge is 2.26. The Labute approximate surface area is 105 Å². The SMILES string of the molecule is CC(=O)C(C)N1CCC(CN2CCCC2)CC1. The second-order valence-corrected chi connectivity index (χ2v) is 5.77. The smallest absolute Gasteiger partial charge is 0.146 e. The predicted octanol–water partition coefficient (Wildman–Crippen LogP) is 1.77. The fraction of sp³-hybridized carbons (Fsp3) is 0.929. The number of ketones is 1. The molecule has 0 N–H and O–H groups in total. The van der Waals surface area contributed by atoms with Crippen LogP contribution in [0.15, 0.2) is 0 Å². The summed E-state index contributed by atoms with van der Waals surface area (Å²) in [5.41, 5.74) is 0. The third-order valence-corrected chi connectivity index (χ3v) is 4.50. The van der Waals surface area contributed by atoms with Gasteiger partial charge in [0.15, 0.2) is 0 Å². The van der Waals surface area contributed by atoms with Gasteiger partial charge in [-0.2, -0.15) is 0 Å². The van der Waals surface area contributed by atoms with Gasteiger partial charge in [-0.25, -0.2) is 0 Å². The summed E-state index contributed by atoms with van der Waals surface area (Å²) in [4.78, 5) is 16.3. The number of rotatable bonds is 4. The maximum Gasteiger partial charge on any atom is 0.146 e. The average molecular weight is 238 g/mol. The molecular weight excluding hydrogens is 212 g/mol. The zero-order valence-corrected chi connectivity index (χ0v) is 11.3. The van der Waals surface area contributed by atoms with Crippen LogP contribution in [0.2, 0.25) is 0 Å². The minimum absolute atomic E-state index is 0.128. The normalized spacial score (nSPS) is 26.2. The molecule has 2 heterocycles. The largest absolute Gasteiger partial charge is 0.303 e. The molecule has 17 heavy (non-hydrogen) atoms. The Bertz CT molecular complexity index is 253. The summed E-state index contributed by atoms with van der Waals surface area (Å²) in [7, 11) is 0. The Kier molecular flexibility index (Phi) is 4.57. The Morgan fingerprint density at radius 3 is 2.29 bits per heavy atom. The topological polar surface area (TPSA) is 23.6 Å². The van der Waals surface area contributed by atoms with E-state index in [0.29, 0.717) is 5.78 Å². The van der Waals surface area contributed by atoms with Crippen molar-refractivity contribution in [3.8, 4) is 0 Å². The van der Waals surface area contributed by atoms with Crippen molar-refractivity contribution in [2.24, 2.45) is 5.92 Å². The van der Waals surface area contributed by atoms with Gasteiger partial charge in [-0.05, 0) is 71.6 Å². The van der Waals surface area contributed by atoms with Crippen molar-refractivity contribution in [2.75, 3.05) is 32.7 Å². The van der Waals surface area contributed by atoms with Crippen LogP contribution in [0.25, 0.3) is 0 Å². The first-order valence-corrected chi connectivity index (χ1v) is 7.13. The number of carbonyl (C=O) groups excluding carboxylic acids is 1. The van der Waals surface area contributed by atoms with Crippen LogP contribution in [0.4, 0.5) is 0 Å². The third kappa shape index (κ3) is 3.52. The highest BCUT2D eigenvalue weighted by molar-refractivity contribution is 5.80. The van der Waals surface area contributed by atoms with Gasteiger partial charge in [0, 0.05) is 6.54 Å². The van der Waals surface area contributed by atoms with Gasteiger partial charge >= 0.3 is 0 Å². The molecule has 0 amide bonds. The van der Waals surface area contributed by atoms with Crippen molar-refractivity contribution in [3.63, 3.8) is 0 Å².